The third-order valence-electron chi connectivity index (χ3n) is 3.81. The molecule has 0 spiro atoms. The Hall–Kier alpha value is -2.51. The molecule has 0 aliphatic heterocycles. The molecule has 0 bridgehead atoms. The number of rotatable bonds is 4. The number of halogens is 3. The van der Waals surface area contributed by atoms with Crippen LogP contribution in [0.1, 0.15) is 51.9 Å². The largest absolute Gasteiger partial charge is 0.444 e. The van der Waals surface area contributed by atoms with Crippen LogP contribution in [0.15, 0.2) is 30.5 Å². The number of alkyl carbamates (subject to hydrolysis) is 1. The van der Waals surface area contributed by atoms with Crippen molar-refractivity contribution in [1.82, 2.24) is 14.9 Å². The van der Waals surface area contributed by atoms with Crippen molar-refractivity contribution in [3.05, 3.63) is 41.7 Å². The Balaban J connectivity index is 2.18. The van der Waals surface area contributed by atoms with E-state index in [-0.39, 0.29) is 11.9 Å². The molecule has 0 unspecified atom stereocenters. The molecule has 0 saturated heterocycles. The van der Waals surface area contributed by atoms with Gasteiger partial charge in [-0.25, -0.2) is 9.78 Å². The number of aromatic nitrogens is 2. The molecule has 27 heavy (non-hydrogen) atoms. The molecule has 0 aliphatic carbocycles. The highest BCUT2D eigenvalue weighted by Crippen LogP contribution is 2.31. The Kier molecular flexibility index (Phi) is 5.87. The van der Waals surface area contributed by atoms with Gasteiger partial charge in [-0.15, -0.1) is 0 Å². The molecule has 0 fully saturated rings. The van der Waals surface area contributed by atoms with Crippen LogP contribution in [0, 0.1) is 0 Å². The van der Waals surface area contributed by atoms with Crippen molar-refractivity contribution in [1.29, 1.82) is 0 Å². The van der Waals surface area contributed by atoms with Crippen molar-refractivity contribution >= 4 is 6.09 Å². The number of benzene rings is 1. The fourth-order valence-electron chi connectivity index (χ4n) is 2.51. The summed E-state index contributed by atoms with van der Waals surface area (Å²) in [4.78, 5) is 15.6. The number of carbonyl (C=O) groups is 1. The second kappa shape index (κ2) is 7.62. The number of imidazole rings is 1. The maximum atomic E-state index is 12.9. The standard InChI is InChI=1S/C19H24F3N3O2/c1-6-25-11-15(19(20,21)22)24-16(25)14-9-7-13(8-10-14)12(2)23-17(26)27-18(3,4)5/h7-12H,6H2,1-5H3,(H,23,26)/t12-/m1/s1. The van der Waals surface area contributed by atoms with E-state index in [0.29, 0.717) is 12.1 Å². The molecule has 5 nitrogen and oxygen atoms in total. The van der Waals surface area contributed by atoms with Crippen molar-refractivity contribution in [2.24, 2.45) is 0 Å². The second-order valence-corrected chi connectivity index (χ2v) is 7.22. The smallest absolute Gasteiger partial charge is 0.434 e. The van der Waals surface area contributed by atoms with Gasteiger partial charge < -0.3 is 14.6 Å². The highest BCUT2D eigenvalue weighted by atomic mass is 19.4. The van der Waals surface area contributed by atoms with E-state index in [1.165, 1.54) is 4.57 Å². The summed E-state index contributed by atoms with van der Waals surface area (Å²) in [6.45, 7) is 9.25. The van der Waals surface area contributed by atoms with Crippen LogP contribution in [-0.2, 0) is 17.5 Å². The summed E-state index contributed by atoms with van der Waals surface area (Å²) in [5.74, 6) is 0.254. The molecule has 148 valence electrons. The fraction of sp³-hybridized carbons (Fsp3) is 0.474. The van der Waals surface area contributed by atoms with Crippen LogP contribution in [0.4, 0.5) is 18.0 Å². The fourth-order valence-corrected chi connectivity index (χ4v) is 2.51. The van der Waals surface area contributed by atoms with E-state index in [2.05, 4.69) is 10.3 Å². The van der Waals surface area contributed by atoms with E-state index < -0.39 is 23.6 Å². The summed E-state index contributed by atoms with van der Waals surface area (Å²) < 4.78 is 45.4. The number of nitrogens with zero attached hydrogens (tertiary/aromatic N) is 2. The molecule has 1 heterocycles. The Morgan fingerprint density at radius 2 is 1.81 bits per heavy atom. The van der Waals surface area contributed by atoms with Crippen LogP contribution in [0.2, 0.25) is 0 Å². The van der Waals surface area contributed by atoms with Crippen molar-refractivity contribution in [2.45, 2.75) is 59.0 Å². The van der Waals surface area contributed by atoms with Crippen molar-refractivity contribution in [3.8, 4) is 11.4 Å². The third-order valence-corrected chi connectivity index (χ3v) is 3.81. The van der Waals surface area contributed by atoms with Crippen LogP contribution >= 0.6 is 0 Å². The first-order chi connectivity index (χ1) is 12.4. The summed E-state index contributed by atoms with van der Waals surface area (Å²) in [6.07, 6.45) is -4.01. The molecule has 1 atom stereocenters. The zero-order chi connectivity index (χ0) is 20.4. The molecular weight excluding hydrogens is 359 g/mol. The molecule has 1 amide bonds. The average molecular weight is 383 g/mol. The highest BCUT2D eigenvalue weighted by Gasteiger charge is 2.34. The van der Waals surface area contributed by atoms with Gasteiger partial charge in [0.2, 0.25) is 0 Å². The van der Waals surface area contributed by atoms with Crippen LogP contribution in [-0.4, -0.2) is 21.2 Å². The predicted molar refractivity (Wildman–Crippen MR) is 96.1 cm³/mol. The third kappa shape index (κ3) is 5.48. The molecule has 2 aromatic rings. The average Bonchev–Trinajstić information content (AvgIpc) is 2.97. The topological polar surface area (TPSA) is 56.2 Å². The molecule has 1 aromatic heterocycles. The summed E-state index contributed by atoms with van der Waals surface area (Å²) in [5, 5.41) is 2.73. The van der Waals surface area contributed by atoms with Crippen LogP contribution in [0.3, 0.4) is 0 Å². The Bertz CT molecular complexity index is 790. The van der Waals surface area contributed by atoms with Gasteiger partial charge in [-0.1, -0.05) is 24.3 Å². The number of nitrogens with one attached hydrogen (secondary N) is 1. The number of hydrogen-bond acceptors (Lipinski definition) is 3. The van der Waals surface area contributed by atoms with E-state index in [9.17, 15) is 18.0 Å². The zero-order valence-electron chi connectivity index (χ0n) is 16.0. The zero-order valence-corrected chi connectivity index (χ0v) is 16.0. The molecule has 1 N–H and O–H groups in total. The first kappa shape index (κ1) is 20.8. The predicted octanol–water partition coefficient (Wildman–Crippen LogP) is 5.17. The Morgan fingerprint density at radius 3 is 2.30 bits per heavy atom. The van der Waals surface area contributed by atoms with Gasteiger partial charge in [0.05, 0.1) is 6.04 Å². The monoisotopic (exact) mass is 383 g/mol. The number of hydrogen-bond donors (Lipinski definition) is 1. The van der Waals surface area contributed by atoms with E-state index in [4.69, 9.17) is 4.74 Å². The lowest BCUT2D eigenvalue weighted by Crippen LogP contribution is -2.34. The lowest BCUT2D eigenvalue weighted by Gasteiger charge is -2.22. The molecule has 8 heteroatoms. The lowest BCUT2D eigenvalue weighted by atomic mass is 10.1. The van der Waals surface area contributed by atoms with Crippen LogP contribution in [0.25, 0.3) is 11.4 Å². The Labute approximate surface area is 156 Å². The number of carbonyl (C=O) groups excluding carboxylic acids is 1. The number of aryl methyl sites for hydroxylation is 1. The summed E-state index contributed by atoms with van der Waals surface area (Å²) in [6, 6.07) is 6.57. The molecule has 2 rings (SSSR count). The summed E-state index contributed by atoms with van der Waals surface area (Å²) >= 11 is 0. The van der Waals surface area contributed by atoms with Gasteiger partial charge in [0.15, 0.2) is 5.69 Å². The van der Waals surface area contributed by atoms with E-state index in [1.54, 1.807) is 58.9 Å². The SMILES string of the molecule is CCn1cc(C(F)(F)F)nc1-c1ccc([C@@H](C)NC(=O)OC(C)(C)C)cc1. The maximum absolute atomic E-state index is 12.9. The number of amides is 1. The number of alkyl halides is 3. The van der Waals surface area contributed by atoms with E-state index in [0.717, 1.165) is 11.8 Å². The minimum Gasteiger partial charge on any atom is -0.444 e. The first-order valence-corrected chi connectivity index (χ1v) is 8.65. The molecule has 0 radical (unpaired) electrons. The van der Waals surface area contributed by atoms with Gasteiger partial charge in [-0.3, -0.25) is 0 Å². The molecule has 0 saturated carbocycles. The lowest BCUT2D eigenvalue weighted by molar-refractivity contribution is -0.140. The van der Waals surface area contributed by atoms with Gasteiger partial charge in [0.1, 0.15) is 11.4 Å². The van der Waals surface area contributed by atoms with Gasteiger partial charge in [0, 0.05) is 18.3 Å². The second-order valence-electron chi connectivity index (χ2n) is 7.22. The minimum atomic E-state index is -4.49. The maximum Gasteiger partial charge on any atom is 0.434 e. The molecular formula is C19H24F3N3O2. The summed E-state index contributed by atoms with van der Waals surface area (Å²) in [7, 11) is 0. The Morgan fingerprint density at radius 1 is 1.22 bits per heavy atom. The normalized spacial score (nSPS) is 13.3. The first-order valence-electron chi connectivity index (χ1n) is 8.65. The molecule has 0 aliphatic rings. The van der Waals surface area contributed by atoms with Gasteiger partial charge in [0.25, 0.3) is 0 Å². The van der Waals surface area contributed by atoms with Crippen molar-refractivity contribution in [3.63, 3.8) is 0 Å². The highest BCUT2D eigenvalue weighted by molar-refractivity contribution is 5.68. The van der Waals surface area contributed by atoms with Crippen LogP contribution < -0.4 is 5.32 Å². The van der Waals surface area contributed by atoms with E-state index in [1.807, 2.05) is 0 Å². The number of ether oxygens (including phenoxy) is 1. The quantitative estimate of drug-likeness (QED) is 0.792. The minimum absolute atomic E-state index is 0.254. The molecule has 1 aromatic carbocycles. The van der Waals surface area contributed by atoms with Gasteiger partial charge >= 0.3 is 12.3 Å². The van der Waals surface area contributed by atoms with Gasteiger partial charge in [-0.05, 0) is 40.2 Å². The van der Waals surface area contributed by atoms with Gasteiger partial charge in [-0.2, -0.15) is 13.2 Å². The van der Waals surface area contributed by atoms with Crippen molar-refractivity contribution < 1.29 is 22.7 Å². The summed E-state index contributed by atoms with van der Waals surface area (Å²) in [5.41, 5.74) is -0.139. The van der Waals surface area contributed by atoms with Crippen LogP contribution in [0.5, 0.6) is 0 Å². The van der Waals surface area contributed by atoms with Crippen molar-refractivity contribution in [2.75, 3.05) is 0 Å². The van der Waals surface area contributed by atoms with E-state index >= 15 is 0 Å².